The van der Waals surface area contributed by atoms with Gasteiger partial charge in [-0.3, -0.25) is 14.9 Å². The fourth-order valence-electron chi connectivity index (χ4n) is 4.32. The fourth-order valence-corrected chi connectivity index (χ4v) is 5.50. The van der Waals surface area contributed by atoms with Crippen molar-refractivity contribution >= 4 is 38.8 Å². The van der Waals surface area contributed by atoms with Crippen LogP contribution in [0.4, 0.5) is 11.4 Å². The summed E-state index contributed by atoms with van der Waals surface area (Å²) < 4.78 is 5.42. The highest BCUT2D eigenvalue weighted by Crippen LogP contribution is 2.44. The first-order chi connectivity index (χ1) is 16.5. The van der Waals surface area contributed by atoms with E-state index in [0.717, 1.165) is 38.3 Å². The third kappa shape index (κ3) is 3.89. The van der Waals surface area contributed by atoms with Gasteiger partial charge in [0, 0.05) is 36.9 Å². The van der Waals surface area contributed by atoms with Crippen molar-refractivity contribution in [1.82, 2.24) is 9.88 Å². The molecule has 0 fully saturated rings. The molecule has 0 unspecified atom stereocenters. The molecule has 1 atom stereocenters. The molecule has 2 aromatic heterocycles. The molecule has 0 radical (unpaired) electrons. The van der Waals surface area contributed by atoms with E-state index in [1.165, 1.54) is 23.5 Å². The molecule has 1 aliphatic heterocycles. The maximum atomic E-state index is 13.8. The van der Waals surface area contributed by atoms with E-state index in [2.05, 4.69) is 10.3 Å². The number of aryl methyl sites for hydroxylation is 1. The SMILES string of the molecule is COCc1cc(C)nc2sc3c(c12)N[C@@H](c1ccc([N+](=O)[O-])cc1)N(Cc1ccccc1)C3=O. The summed E-state index contributed by atoms with van der Waals surface area (Å²) in [4.78, 5) is 32.4. The number of nitrogens with one attached hydrogen (secondary N) is 1. The van der Waals surface area contributed by atoms with Gasteiger partial charge >= 0.3 is 0 Å². The fraction of sp³-hybridized carbons (Fsp3) is 0.200. The van der Waals surface area contributed by atoms with Gasteiger partial charge in [-0.05, 0) is 41.8 Å². The molecule has 0 aliphatic carbocycles. The standard InChI is InChI=1S/C25H22N4O4S/c1-15-12-18(14-33-2)20-21-22(34-24(20)26-15)25(30)28(13-16-6-4-3-5-7-16)23(27-21)17-8-10-19(11-9-17)29(31)32/h3-12,23,27H,13-14H2,1-2H3/t23-/m1/s1. The van der Waals surface area contributed by atoms with Crippen LogP contribution in [0.15, 0.2) is 60.7 Å². The molecule has 0 spiro atoms. The van der Waals surface area contributed by atoms with Crippen molar-refractivity contribution in [1.29, 1.82) is 0 Å². The van der Waals surface area contributed by atoms with Crippen molar-refractivity contribution in [3.05, 3.63) is 98.0 Å². The number of pyridine rings is 1. The lowest BCUT2D eigenvalue weighted by Gasteiger charge is -2.37. The number of nitro benzene ring substituents is 1. The highest BCUT2D eigenvalue weighted by atomic mass is 32.1. The number of benzene rings is 2. The molecular formula is C25H22N4O4S. The summed E-state index contributed by atoms with van der Waals surface area (Å²) in [7, 11) is 1.64. The molecule has 172 valence electrons. The van der Waals surface area contributed by atoms with Crippen LogP contribution in [0.3, 0.4) is 0 Å². The van der Waals surface area contributed by atoms with E-state index in [1.807, 2.05) is 43.3 Å². The normalized spacial score (nSPS) is 15.3. The van der Waals surface area contributed by atoms with Crippen molar-refractivity contribution in [2.24, 2.45) is 0 Å². The van der Waals surface area contributed by atoms with Crippen molar-refractivity contribution in [3.8, 4) is 0 Å². The van der Waals surface area contributed by atoms with Crippen LogP contribution in [-0.4, -0.2) is 27.8 Å². The number of carbonyl (C=O) groups is 1. The maximum absolute atomic E-state index is 13.8. The number of amides is 1. The van der Waals surface area contributed by atoms with Crippen LogP contribution in [0, 0.1) is 17.0 Å². The van der Waals surface area contributed by atoms with Crippen LogP contribution in [0.25, 0.3) is 10.2 Å². The van der Waals surface area contributed by atoms with Crippen molar-refractivity contribution in [2.75, 3.05) is 12.4 Å². The van der Waals surface area contributed by atoms with E-state index >= 15 is 0 Å². The molecule has 1 amide bonds. The van der Waals surface area contributed by atoms with Gasteiger partial charge in [0.25, 0.3) is 11.6 Å². The van der Waals surface area contributed by atoms with Gasteiger partial charge in [0.1, 0.15) is 15.9 Å². The number of hydrogen-bond donors (Lipinski definition) is 1. The summed E-state index contributed by atoms with van der Waals surface area (Å²) in [6.45, 7) is 2.71. The van der Waals surface area contributed by atoms with Gasteiger partial charge < -0.3 is 15.0 Å². The third-order valence-corrected chi connectivity index (χ3v) is 6.91. The van der Waals surface area contributed by atoms with Gasteiger partial charge in [0.2, 0.25) is 0 Å². The van der Waals surface area contributed by atoms with Crippen LogP contribution in [-0.2, 0) is 17.9 Å². The molecule has 3 heterocycles. The van der Waals surface area contributed by atoms with Crippen LogP contribution < -0.4 is 5.32 Å². The molecular weight excluding hydrogens is 452 g/mol. The van der Waals surface area contributed by atoms with E-state index in [-0.39, 0.29) is 11.6 Å². The Balaban J connectivity index is 1.65. The summed E-state index contributed by atoms with van der Waals surface area (Å²) in [6, 6.07) is 18.0. The molecule has 2 aromatic carbocycles. The van der Waals surface area contributed by atoms with Crippen molar-refractivity contribution in [3.63, 3.8) is 0 Å². The minimum atomic E-state index is -0.504. The van der Waals surface area contributed by atoms with Gasteiger partial charge in [-0.2, -0.15) is 0 Å². The summed E-state index contributed by atoms with van der Waals surface area (Å²) in [6.07, 6.45) is -0.504. The Morgan fingerprint density at radius 3 is 2.59 bits per heavy atom. The first-order valence-electron chi connectivity index (χ1n) is 10.7. The Labute approximate surface area is 200 Å². The predicted molar refractivity (Wildman–Crippen MR) is 131 cm³/mol. The maximum Gasteiger partial charge on any atom is 0.269 e. The molecule has 0 bridgehead atoms. The minimum absolute atomic E-state index is 0.00391. The van der Waals surface area contributed by atoms with E-state index in [0.29, 0.717) is 18.0 Å². The first kappa shape index (κ1) is 22.0. The Hall–Kier alpha value is -3.82. The number of hydrogen-bond acceptors (Lipinski definition) is 7. The van der Waals surface area contributed by atoms with Gasteiger partial charge in [0.15, 0.2) is 0 Å². The lowest BCUT2D eigenvalue weighted by molar-refractivity contribution is -0.384. The average Bonchev–Trinajstić information content (AvgIpc) is 3.20. The number of ether oxygens (including phenoxy) is 1. The quantitative estimate of drug-likeness (QED) is 0.296. The Morgan fingerprint density at radius 2 is 1.91 bits per heavy atom. The number of non-ortho nitro benzene ring substituents is 1. The topological polar surface area (TPSA) is 97.6 Å². The first-order valence-corrected chi connectivity index (χ1v) is 11.6. The summed E-state index contributed by atoms with van der Waals surface area (Å²) in [5, 5.41) is 15.6. The van der Waals surface area contributed by atoms with Gasteiger partial charge in [-0.15, -0.1) is 11.3 Å². The zero-order valence-electron chi connectivity index (χ0n) is 18.6. The molecule has 0 saturated heterocycles. The van der Waals surface area contributed by atoms with Crippen LogP contribution in [0.1, 0.15) is 38.2 Å². The molecule has 1 aliphatic rings. The summed E-state index contributed by atoms with van der Waals surface area (Å²) in [5.41, 5.74) is 4.30. The lowest BCUT2D eigenvalue weighted by atomic mass is 10.0. The number of thiophene rings is 1. The molecule has 1 N–H and O–H groups in total. The highest BCUT2D eigenvalue weighted by molar-refractivity contribution is 7.21. The van der Waals surface area contributed by atoms with Crippen LogP contribution >= 0.6 is 11.3 Å². The molecule has 4 aromatic rings. The second-order valence-electron chi connectivity index (χ2n) is 8.16. The van der Waals surface area contributed by atoms with Crippen molar-refractivity contribution in [2.45, 2.75) is 26.2 Å². The number of nitrogens with zero attached hydrogens (tertiary/aromatic N) is 3. The Morgan fingerprint density at radius 1 is 1.18 bits per heavy atom. The van der Waals surface area contributed by atoms with Crippen LogP contribution in [0.5, 0.6) is 0 Å². The number of fused-ring (bicyclic) bond motifs is 3. The number of rotatable bonds is 6. The Bertz CT molecular complexity index is 1390. The molecule has 5 rings (SSSR count). The largest absolute Gasteiger partial charge is 0.380 e. The predicted octanol–water partition coefficient (Wildman–Crippen LogP) is 5.43. The smallest absolute Gasteiger partial charge is 0.269 e. The molecule has 8 nitrogen and oxygen atoms in total. The number of methoxy groups -OCH3 is 1. The molecule has 0 saturated carbocycles. The van der Waals surface area contributed by atoms with Crippen molar-refractivity contribution < 1.29 is 14.5 Å². The zero-order valence-corrected chi connectivity index (χ0v) is 19.5. The number of nitro groups is 1. The lowest BCUT2D eigenvalue weighted by Crippen LogP contribution is -2.41. The Kier molecular flexibility index (Phi) is 5.72. The van der Waals surface area contributed by atoms with E-state index in [1.54, 1.807) is 24.1 Å². The van der Waals surface area contributed by atoms with E-state index < -0.39 is 11.1 Å². The second-order valence-corrected chi connectivity index (χ2v) is 9.16. The van der Waals surface area contributed by atoms with Crippen LogP contribution in [0.2, 0.25) is 0 Å². The van der Waals surface area contributed by atoms with Gasteiger partial charge in [-0.25, -0.2) is 4.98 Å². The zero-order chi connectivity index (χ0) is 23.8. The van der Waals surface area contributed by atoms with E-state index in [4.69, 9.17) is 4.74 Å². The number of carbonyl (C=O) groups excluding carboxylic acids is 1. The third-order valence-electron chi connectivity index (χ3n) is 5.83. The van der Waals surface area contributed by atoms with Gasteiger partial charge in [0.05, 0.1) is 17.2 Å². The van der Waals surface area contributed by atoms with Gasteiger partial charge in [-0.1, -0.05) is 30.3 Å². The van der Waals surface area contributed by atoms with E-state index in [9.17, 15) is 14.9 Å². The number of anilines is 1. The average molecular weight is 475 g/mol. The summed E-state index contributed by atoms with van der Waals surface area (Å²) >= 11 is 1.37. The minimum Gasteiger partial charge on any atom is -0.380 e. The number of aromatic nitrogens is 1. The molecule has 34 heavy (non-hydrogen) atoms. The summed E-state index contributed by atoms with van der Waals surface area (Å²) in [5.74, 6) is -0.107. The molecule has 9 heteroatoms. The second kappa shape index (κ2) is 8.85. The highest BCUT2D eigenvalue weighted by Gasteiger charge is 2.37. The monoisotopic (exact) mass is 474 g/mol.